The summed E-state index contributed by atoms with van der Waals surface area (Å²) in [4.78, 5) is 12.3. The molecule has 0 radical (unpaired) electrons. The third kappa shape index (κ3) is 5.48. The van der Waals surface area contributed by atoms with Crippen LogP contribution < -0.4 is 14.8 Å². The van der Waals surface area contributed by atoms with Gasteiger partial charge in [-0.05, 0) is 61.7 Å². The van der Waals surface area contributed by atoms with Crippen molar-refractivity contribution in [3.8, 4) is 11.5 Å². The molecule has 0 aromatic heterocycles. The molecular weight excluding hydrogens is 321 g/mol. The number of benzene rings is 2. The molecule has 4 nitrogen and oxygen atoms in total. The van der Waals surface area contributed by atoms with E-state index in [1.54, 1.807) is 12.1 Å². The summed E-state index contributed by atoms with van der Waals surface area (Å²) >= 11 is 0. The Hall–Kier alpha value is -2.56. The number of carbonyl (C=O) groups excluding carboxylic acids is 1. The summed E-state index contributed by atoms with van der Waals surface area (Å²) in [5.74, 6) is 0.806. The van der Waals surface area contributed by atoms with Crippen LogP contribution in [-0.4, -0.2) is 25.2 Å². The van der Waals surface area contributed by atoms with E-state index < -0.39 is 6.10 Å². The lowest BCUT2D eigenvalue weighted by atomic mass is 10.1. The fourth-order valence-corrected chi connectivity index (χ4v) is 2.32. The van der Waals surface area contributed by atoms with Crippen LogP contribution in [0.1, 0.15) is 24.5 Å². The molecule has 2 aromatic carbocycles. The Morgan fingerprint density at radius 1 is 1.16 bits per heavy atom. The average Bonchev–Trinajstić information content (AvgIpc) is 2.61. The van der Waals surface area contributed by atoms with Crippen molar-refractivity contribution < 1.29 is 18.7 Å². The van der Waals surface area contributed by atoms with Gasteiger partial charge in [-0.2, -0.15) is 0 Å². The molecule has 1 amide bonds. The molecule has 2 rings (SSSR count). The molecule has 0 aliphatic heterocycles. The Morgan fingerprint density at radius 2 is 1.88 bits per heavy atom. The van der Waals surface area contributed by atoms with E-state index in [1.165, 1.54) is 12.1 Å². The molecular formula is C20H24FNO3. The van der Waals surface area contributed by atoms with Crippen molar-refractivity contribution >= 4 is 5.91 Å². The van der Waals surface area contributed by atoms with Crippen molar-refractivity contribution in [1.29, 1.82) is 0 Å². The monoisotopic (exact) mass is 345 g/mol. The van der Waals surface area contributed by atoms with Crippen molar-refractivity contribution in [1.82, 2.24) is 5.32 Å². The van der Waals surface area contributed by atoms with Gasteiger partial charge in [-0.1, -0.05) is 19.1 Å². The molecule has 0 fully saturated rings. The molecule has 0 unspecified atom stereocenters. The van der Waals surface area contributed by atoms with Gasteiger partial charge in [0.1, 0.15) is 23.9 Å². The Morgan fingerprint density at radius 3 is 2.56 bits per heavy atom. The van der Waals surface area contributed by atoms with Crippen LogP contribution in [0.4, 0.5) is 4.39 Å². The molecule has 1 N–H and O–H groups in total. The summed E-state index contributed by atoms with van der Waals surface area (Å²) < 4.78 is 24.1. The highest BCUT2D eigenvalue weighted by Gasteiger charge is 2.19. The first-order valence-electron chi connectivity index (χ1n) is 8.40. The van der Waals surface area contributed by atoms with E-state index in [-0.39, 0.29) is 11.7 Å². The molecule has 0 aliphatic rings. The fraction of sp³-hybridized carbons (Fsp3) is 0.350. The molecule has 1 atom stereocenters. The smallest absolute Gasteiger partial charge is 0.261 e. The number of amides is 1. The second-order valence-corrected chi connectivity index (χ2v) is 5.81. The highest BCUT2D eigenvalue weighted by molar-refractivity contribution is 5.81. The molecule has 2 aromatic rings. The zero-order valence-electron chi connectivity index (χ0n) is 14.8. The molecule has 5 heteroatoms. The molecule has 0 saturated heterocycles. The van der Waals surface area contributed by atoms with E-state index >= 15 is 0 Å². The zero-order valence-corrected chi connectivity index (χ0v) is 14.8. The minimum Gasteiger partial charge on any atom is -0.492 e. The Labute approximate surface area is 148 Å². The van der Waals surface area contributed by atoms with Gasteiger partial charge in [0, 0.05) is 0 Å². The number of rotatable bonds is 8. The van der Waals surface area contributed by atoms with Crippen LogP contribution in [0.2, 0.25) is 0 Å². The average molecular weight is 345 g/mol. The van der Waals surface area contributed by atoms with Crippen LogP contribution >= 0.6 is 0 Å². The summed E-state index contributed by atoms with van der Waals surface area (Å²) in [6.45, 7) is 6.55. The van der Waals surface area contributed by atoms with E-state index in [0.29, 0.717) is 25.3 Å². The maximum atomic E-state index is 12.8. The number of carbonyl (C=O) groups is 1. The zero-order chi connectivity index (χ0) is 18.2. The second-order valence-electron chi connectivity index (χ2n) is 5.81. The first-order chi connectivity index (χ1) is 12.0. The standard InChI is InChI=1S/C20H24FNO3/c1-4-18(25-19-7-5-6-14(2)15(19)3)20(23)22-12-13-24-17-10-8-16(21)9-11-17/h5-11,18H,4,12-13H2,1-3H3,(H,22,23)/t18-/m1/s1. The number of hydrogen-bond acceptors (Lipinski definition) is 3. The number of nitrogens with one attached hydrogen (secondary N) is 1. The summed E-state index contributed by atoms with van der Waals surface area (Å²) in [6.07, 6.45) is 0.0178. The van der Waals surface area contributed by atoms with Gasteiger partial charge in [0.15, 0.2) is 6.10 Å². The predicted octanol–water partition coefficient (Wildman–Crippen LogP) is 3.80. The highest BCUT2D eigenvalue weighted by Crippen LogP contribution is 2.22. The summed E-state index contributed by atoms with van der Waals surface area (Å²) in [6, 6.07) is 11.6. The maximum Gasteiger partial charge on any atom is 0.261 e. The van der Waals surface area contributed by atoms with Gasteiger partial charge in [-0.25, -0.2) is 4.39 Å². The van der Waals surface area contributed by atoms with Crippen molar-refractivity contribution in [3.63, 3.8) is 0 Å². The number of hydrogen-bond donors (Lipinski definition) is 1. The van der Waals surface area contributed by atoms with Gasteiger partial charge in [0.2, 0.25) is 0 Å². The largest absolute Gasteiger partial charge is 0.492 e. The van der Waals surface area contributed by atoms with Crippen molar-refractivity contribution in [3.05, 3.63) is 59.4 Å². The SMILES string of the molecule is CC[C@@H](Oc1cccc(C)c1C)C(=O)NCCOc1ccc(F)cc1. The van der Waals surface area contributed by atoms with Crippen LogP contribution in [0.3, 0.4) is 0 Å². The Kier molecular flexibility index (Phi) is 6.81. The van der Waals surface area contributed by atoms with Crippen LogP contribution in [0.5, 0.6) is 11.5 Å². The van der Waals surface area contributed by atoms with Crippen LogP contribution in [-0.2, 0) is 4.79 Å². The number of aryl methyl sites for hydroxylation is 1. The maximum absolute atomic E-state index is 12.8. The molecule has 0 spiro atoms. The van der Waals surface area contributed by atoms with Gasteiger partial charge >= 0.3 is 0 Å². The fourth-order valence-electron chi connectivity index (χ4n) is 2.32. The van der Waals surface area contributed by atoms with Crippen molar-refractivity contribution in [2.45, 2.75) is 33.3 Å². The first kappa shape index (κ1) is 18.8. The molecule has 0 aliphatic carbocycles. The van der Waals surface area contributed by atoms with E-state index in [9.17, 15) is 9.18 Å². The summed E-state index contributed by atoms with van der Waals surface area (Å²) in [5.41, 5.74) is 2.16. The topological polar surface area (TPSA) is 47.6 Å². The third-order valence-electron chi connectivity index (χ3n) is 3.97. The van der Waals surface area contributed by atoms with Gasteiger partial charge in [0.25, 0.3) is 5.91 Å². The summed E-state index contributed by atoms with van der Waals surface area (Å²) in [5, 5.41) is 2.81. The second kappa shape index (κ2) is 9.06. The molecule has 0 bridgehead atoms. The quantitative estimate of drug-likeness (QED) is 0.741. The molecule has 134 valence electrons. The lowest BCUT2D eigenvalue weighted by Crippen LogP contribution is -2.39. The van der Waals surface area contributed by atoms with Crippen LogP contribution in [0.25, 0.3) is 0 Å². The van der Waals surface area contributed by atoms with Crippen molar-refractivity contribution in [2.75, 3.05) is 13.2 Å². The van der Waals surface area contributed by atoms with E-state index in [2.05, 4.69) is 5.32 Å². The normalized spacial score (nSPS) is 11.7. The van der Waals surface area contributed by atoms with Gasteiger partial charge in [-0.3, -0.25) is 4.79 Å². The van der Waals surface area contributed by atoms with Crippen LogP contribution in [0, 0.1) is 19.7 Å². The van der Waals surface area contributed by atoms with Crippen LogP contribution in [0.15, 0.2) is 42.5 Å². The van der Waals surface area contributed by atoms with Gasteiger partial charge in [0.05, 0.1) is 6.54 Å². The molecule has 25 heavy (non-hydrogen) atoms. The number of ether oxygens (including phenoxy) is 2. The summed E-state index contributed by atoms with van der Waals surface area (Å²) in [7, 11) is 0. The first-order valence-corrected chi connectivity index (χ1v) is 8.40. The minimum absolute atomic E-state index is 0.175. The molecule has 0 heterocycles. The molecule has 0 saturated carbocycles. The minimum atomic E-state index is -0.550. The van der Waals surface area contributed by atoms with Gasteiger partial charge in [-0.15, -0.1) is 0 Å². The lowest BCUT2D eigenvalue weighted by Gasteiger charge is -2.19. The Bertz CT molecular complexity index is 701. The number of halogens is 1. The van der Waals surface area contributed by atoms with Gasteiger partial charge < -0.3 is 14.8 Å². The predicted molar refractivity (Wildman–Crippen MR) is 95.5 cm³/mol. The lowest BCUT2D eigenvalue weighted by molar-refractivity contribution is -0.128. The van der Waals surface area contributed by atoms with E-state index in [1.807, 2.05) is 39.0 Å². The van der Waals surface area contributed by atoms with Crippen molar-refractivity contribution in [2.24, 2.45) is 0 Å². The highest BCUT2D eigenvalue weighted by atomic mass is 19.1. The third-order valence-corrected chi connectivity index (χ3v) is 3.97. The Balaban J connectivity index is 1.81. The van der Waals surface area contributed by atoms with E-state index in [0.717, 1.165) is 16.9 Å². The van der Waals surface area contributed by atoms with E-state index in [4.69, 9.17) is 9.47 Å².